The van der Waals surface area contributed by atoms with Crippen molar-refractivity contribution in [1.82, 2.24) is 20.1 Å². The number of halogens is 1. The van der Waals surface area contributed by atoms with Gasteiger partial charge < -0.3 is 10.1 Å². The van der Waals surface area contributed by atoms with Crippen molar-refractivity contribution >= 4 is 15.9 Å². The summed E-state index contributed by atoms with van der Waals surface area (Å²) in [6.45, 7) is 8.10. The van der Waals surface area contributed by atoms with Crippen LogP contribution in [0.5, 0.6) is 5.75 Å². The van der Waals surface area contributed by atoms with Crippen LogP contribution in [0.1, 0.15) is 29.7 Å². The molecule has 0 amide bonds. The van der Waals surface area contributed by atoms with Crippen molar-refractivity contribution in [3.63, 3.8) is 0 Å². The van der Waals surface area contributed by atoms with Gasteiger partial charge in [0, 0.05) is 19.3 Å². The van der Waals surface area contributed by atoms with E-state index in [2.05, 4.69) is 38.3 Å². The summed E-state index contributed by atoms with van der Waals surface area (Å²) in [5.41, 5.74) is 3.91. The van der Waals surface area contributed by atoms with E-state index in [1.54, 1.807) is 0 Å². The predicted molar refractivity (Wildman–Crippen MR) is 86.3 cm³/mol. The van der Waals surface area contributed by atoms with Crippen LogP contribution < -0.4 is 10.1 Å². The first-order chi connectivity index (χ1) is 10.0. The molecule has 6 heteroatoms. The highest BCUT2D eigenvalue weighted by Crippen LogP contribution is 2.23. The minimum atomic E-state index is 0.460. The van der Waals surface area contributed by atoms with Crippen LogP contribution in [-0.4, -0.2) is 21.3 Å². The van der Waals surface area contributed by atoms with Crippen molar-refractivity contribution in [2.45, 2.75) is 33.9 Å². The minimum Gasteiger partial charge on any atom is -0.485 e. The van der Waals surface area contributed by atoms with Gasteiger partial charge in [0.1, 0.15) is 12.4 Å². The number of rotatable bonds is 6. The van der Waals surface area contributed by atoms with Crippen LogP contribution in [-0.2, 0) is 20.2 Å². The number of aromatic nitrogens is 3. The number of ether oxygens (including phenoxy) is 1. The van der Waals surface area contributed by atoms with Crippen molar-refractivity contribution in [2.75, 3.05) is 6.54 Å². The van der Waals surface area contributed by atoms with Crippen molar-refractivity contribution in [1.29, 1.82) is 0 Å². The van der Waals surface area contributed by atoms with Gasteiger partial charge in [0.15, 0.2) is 0 Å². The van der Waals surface area contributed by atoms with Gasteiger partial charge in [-0.2, -0.15) is 5.10 Å². The van der Waals surface area contributed by atoms with E-state index in [9.17, 15) is 0 Å². The maximum Gasteiger partial charge on any atom is 0.142 e. The summed E-state index contributed by atoms with van der Waals surface area (Å²) >= 11 is 3.56. The summed E-state index contributed by atoms with van der Waals surface area (Å²) in [5, 5.41) is 7.66. The topological polar surface area (TPSA) is 52.0 Å². The Hall–Kier alpha value is -1.40. The molecule has 2 heterocycles. The highest BCUT2D eigenvalue weighted by atomic mass is 79.9. The van der Waals surface area contributed by atoms with Gasteiger partial charge in [-0.1, -0.05) is 6.92 Å². The first-order valence-electron chi connectivity index (χ1n) is 7.01. The van der Waals surface area contributed by atoms with Gasteiger partial charge >= 0.3 is 0 Å². The molecule has 0 saturated heterocycles. The Labute approximate surface area is 133 Å². The van der Waals surface area contributed by atoms with E-state index in [0.29, 0.717) is 13.2 Å². The maximum absolute atomic E-state index is 5.96. The molecule has 0 saturated carbocycles. The molecule has 2 aromatic rings. The third-order valence-electron chi connectivity index (χ3n) is 3.24. The average Bonchev–Trinajstić information content (AvgIpc) is 2.69. The third-order valence-corrected chi connectivity index (χ3v) is 4.27. The maximum atomic E-state index is 5.96. The quantitative estimate of drug-likeness (QED) is 0.868. The molecule has 1 N–H and O–H groups in total. The van der Waals surface area contributed by atoms with Crippen LogP contribution in [0.2, 0.25) is 0 Å². The zero-order valence-electron chi connectivity index (χ0n) is 12.9. The van der Waals surface area contributed by atoms with E-state index >= 15 is 0 Å². The molecular weight excluding hydrogens is 332 g/mol. The summed E-state index contributed by atoms with van der Waals surface area (Å²) in [4.78, 5) is 4.55. The predicted octanol–water partition coefficient (Wildman–Crippen LogP) is 2.88. The number of pyridine rings is 1. The molecule has 0 unspecified atom stereocenters. The molecule has 0 bridgehead atoms. The average molecular weight is 353 g/mol. The van der Waals surface area contributed by atoms with Crippen LogP contribution >= 0.6 is 15.9 Å². The van der Waals surface area contributed by atoms with E-state index in [4.69, 9.17) is 4.74 Å². The number of hydrogen-bond acceptors (Lipinski definition) is 4. The molecule has 0 atom stereocenters. The Morgan fingerprint density at radius 3 is 2.71 bits per heavy atom. The van der Waals surface area contributed by atoms with Crippen LogP contribution in [0.15, 0.2) is 16.6 Å². The van der Waals surface area contributed by atoms with Crippen molar-refractivity contribution in [3.05, 3.63) is 39.4 Å². The zero-order chi connectivity index (χ0) is 15.4. The van der Waals surface area contributed by atoms with Gasteiger partial charge in [-0.15, -0.1) is 0 Å². The van der Waals surface area contributed by atoms with E-state index < -0.39 is 0 Å². The Morgan fingerprint density at radius 1 is 1.33 bits per heavy atom. The lowest BCUT2D eigenvalue weighted by Crippen LogP contribution is -2.15. The van der Waals surface area contributed by atoms with E-state index in [1.165, 1.54) is 0 Å². The molecule has 0 aromatic carbocycles. The molecule has 0 aliphatic rings. The SMILES string of the molecule is CCNCc1nc(C)ccc1OCc1c(Br)c(C)nn1C. The monoisotopic (exact) mass is 352 g/mol. The Morgan fingerprint density at radius 2 is 2.10 bits per heavy atom. The standard InChI is InChI=1S/C15H21BrN4O/c1-5-17-8-12-14(7-6-10(2)18-12)21-9-13-15(16)11(3)19-20(13)4/h6-7,17H,5,8-9H2,1-4H3. The number of aryl methyl sites for hydroxylation is 3. The Bertz CT molecular complexity index is 624. The summed E-state index contributed by atoms with van der Waals surface area (Å²) in [6.07, 6.45) is 0. The van der Waals surface area contributed by atoms with Crippen LogP contribution in [0.3, 0.4) is 0 Å². The fraction of sp³-hybridized carbons (Fsp3) is 0.467. The normalized spacial score (nSPS) is 10.9. The summed E-state index contributed by atoms with van der Waals surface area (Å²) in [7, 11) is 1.92. The molecule has 2 rings (SSSR count). The Kier molecular flexibility index (Phi) is 5.36. The first-order valence-corrected chi connectivity index (χ1v) is 7.80. The molecule has 114 valence electrons. The van der Waals surface area contributed by atoms with Crippen molar-refractivity contribution in [3.8, 4) is 5.75 Å². The third kappa shape index (κ3) is 3.83. The first kappa shape index (κ1) is 16.0. The van der Waals surface area contributed by atoms with Gasteiger partial charge in [0.25, 0.3) is 0 Å². The van der Waals surface area contributed by atoms with Gasteiger partial charge in [-0.25, -0.2) is 0 Å². The molecule has 0 radical (unpaired) electrons. The van der Waals surface area contributed by atoms with E-state index in [1.807, 2.05) is 37.7 Å². The summed E-state index contributed by atoms with van der Waals surface area (Å²) in [6, 6.07) is 3.94. The second-order valence-electron chi connectivity index (χ2n) is 4.94. The van der Waals surface area contributed by atoms with Crippen molar-refractivity contribution in [2.24, 2.45) is 7.05 Å². The molecule has 21 heavy (non-hydrogen) atoms. The number of hydrogen-bond donors (Lipinski definition) is 1. The lowest BCUT2D eigenvalue weighted by molar-refractivity contribution is 0.288. The molecule has 5 nitrogen and oxygen atoms in total. The van der Waals surface area contributed by atoms with E-state index in [0.717, 1.165) is 39.5 Å². The van der Waals surface area contributed by atoms with Gasteiger partial charge in [-0.05, 0) is 48.5 Å². The van der Waals surface area contributed by atoms with Gasteiger partial charge in [-0.3, -0.25) is 9.67 Å². The lowest BCUT2D eigenvalue weighted by atomic mass is 10.2. The second-order valence-corrected chi connectivity index (χ2v) is 5.73. The molecule has 0 spiro atoms. The molecule has 2 aromatic heterocycles. The van der Waals surface area contributed by atoms with Crippen LogP contribution in [0, 0.1) is 13.8 Å². The van der Waals surface area contributed by atoms with Crippen LogP contribution in [0.25, 0.3) is 0 Å². The van der Waals surface area contributed by atoms with Crippen LogP contribution in [0.4, 0.5) is 0 Å². The molecular formula is C15H21BrN4O. The van der Waals surface area contributed by atoms with Crippen molar-refractivity contribution < 1.29 is 4.74 Å². The van der Waals surface area contributed by atoms with Gasteiger partial charge in [0.05, 0.1) is 21.6 Å². The minimum absolute atomic E-state index is 0.460. The molecule has 0 aliphatic heterocycles. The smallest absolute Gasteiger partial charge is 0.142 e. The Balaban J connectivity index is 2.15. The van der Waals surface area contributed by atoms with E-state index in [-0.39, 0.29) is 0 Å². The highest BCUT2D eigenvalue weighted by Gasteiger charge is 2.13. The zero-order valence-corrected chi connectivity index (χ0v) is 14.5. The largest absolute Gasteiger partial charge is 0.485 e. The fourth-order valence-corrected chi connectivity index (χ4v) is 2.53. The highest BCUT2D eigenvalue weighted by molar-refractivity contribution is 9.10. The second kappa shape index (κ2) is 7.04. The fourth-order valence-electron chi connectivity index (χ4n) is 2.08. The number of nitrogens with one attached hydrogen (secondary N) is 1. The molecule has 0 aliphatic carbocycles. The lowest BCUT2D eigenvalue weighted by Gasteiger charge is -2.12. The molecule has 0 fully saturated rings. The van der Waals surface area contributed by atoms with Gasteiger partial charge in [0.2, 0.25) is 0 Å². The number of nitrogens with zero attached hydrogens (tertiary/aromatic N) is 3. The summed E-state index contributed by atoms with van der Waals surface area (Å²) in [5.74, 6) is 0.812. The summed E-state index contributed by atoms with van der Waals surface area (Å²) < 4.78 is 8.79.